The van der Waals surface area contributed by atoms with Gasteiger partial charge in [0.15, 0.2) is 5.16 Å². The zero-order valence-electron chi connectivity index (χ0n) is 18.8. The van der Waals surface area contributed by atoms with Gasteiger partial charge in [0, 0.05) is 22.1 Å². The summed E-state index contributed by atoms with van der Waals surface area (Å²) in [6.45, 7) is 5.00. The number of hydrogen-bond donors (Lipinski definition) is 0. The molecule has 6 nitrogen and oxygen atoms in total. The summed E-state index contributed by atoms with van der Waals surface area (Å²) in [5.41, 5.74) is 1.65. The first kappa shape index (κ1) is 23.8. The van der Waals surface area contributed by atoms with Crippen molar-refractivity contribution in [3.05, 3.63) is 55.0 Å². The molecule has 0 bridgehead atoms. The summed E-state index contributed by atoms with van der Waals surface area (Å²) in [6, 6.07) is 5.90. The Labute approximate surface area is 213 Å². The van der Waals surface area contributed by atoms with Gasteiger partial charge in [0.1, 0.15) is 9.71 Å². The molecule has 178 valence electrons. The average Bonchev–Trinajstić information content (AvgIpc) is 3.54. The van der Waals surface area contributed by atoms with Crippen LogP contribution in [0, 0.1) is 6.92 Å². The number of halogens is 1. The van der Waals surface area contributed by atoms with Crippen LogP contribution in [0.4, 0.5) is 0 Å². The highest BCUT2D eigenvalue weighted by Gasteiger charge is 2.25. The van der Waals surface area contributed by atoms with E-state index in [1.165, 1.54) is 27.8 Å². The van der Waals surface area contributed by atoms with E-state index in [0.717, 1.165) is 23.8 Å². The summed E-state index contributed by atoms with van der Waals surface area (Å²) in [5, 5.41) is 5.07. The third kappa shape index (κ3) is 4.52. The number of ether oxygens (including phenoxy) is 2. The van der Waals surface area contributed by atoms with E-state index >= 15 is 0 Å². The van der Waals surface area contributed by atoms with Crippen molar-refractivity contribution < 1.29 is 14.3 Å². The Hall–Kier alpha value is -1.91. The van der Waals surface area contributed by atoms with E-state index in [-0.39, 0.29) is 18.3 Å². The third-order valence-corrected chi connectivity index (χ3v) is 9.30. The van der Waals surface area contributed by atoms with Crippen LogP contribution < -0.4 is 5.56 Å². The molecule has 0 amide bonds. The van der Waals surface area contributed by atoms with Crippen molar-refractivity contribution in [2.45, 2.75) is 50.2 Å². The molecule has 1 saturated heterocycles. The third-order valence-electron chi connectivity index (χ3n) is 5.86. The second kappa shape index (κ2) is 9.99. The Kier molecular flexibility index (Phi) is 7.00. The Balaban J connectivity index is 1.56. The van der Waals surface area contributed by atoms with Gasteiger partial charge in [0.2, 0.25) is 0 Å². The molecular formula is C24H23ClN2O4S3. The van der Waals surface area contributed by atoms with E-state index in [2.05, 4.69) is 5.38 Å². The number of rotatable bonds is 7. The molecule has 0 spiro atoms. The van der Waals surface area contributed by atoms with Gasteiger partial charge in [-0.15, -0.1) is 22.7 Å². The molecule has 3 aromatic heterocycles. The SMILES string of the molecule is CCOC(=O)c1sc2nc(SCc3csc4ccc(Cl)cc34)n(CC3CCCO3)c(=O)c2c1C. The molecular weight excluding hydrogens is 512 g/mol. The fourth-order valence-corrected chi connectivity index (χ4v) is 7.50. The number of nitrogens with zero attached hydrogens (tertiary/aromatic N) is 2. The minimum absolute atomic E-state index is 0.0134. The van der Waals surface area contributed by atoms with Crippen molar-refractivity contribution in [1.82, 2.24) is 9.55 Å². The maximum Gasteiger partial charge on any atom is 0.348 e. The van der Waals surface area contributed by atoms with Crippen molar-refractivity contribution in [2.75, 3.05) is 13.2 Å². The zero-order valence-corrected chi connectivity index (χ0v) is 22.0. The summed E-state index contributed by atoms with van der Waals surface area (Å²) in [7, 11) is 0. The maximum absolute atomic E-state index is 13.7. The summed E-state index contributed by atoms with van der Waals surface area (Å²) in [6.07, 6.45) is 1.89. The van der Waals surface area contributed by atoms with E-state index in [1.54, 1.807) is 29.8 Å². The first-order chi connectivity index (χ1) is 16.5. The van der Waals surface area contributed by atoms with Crippen LogP contribution in [-0.2, 0) is 21.8 Å². The molecule has 0 saturated carbocycles. The molecule has 1 fully saturated rings. The lowest BCUT2D eigenvalue weighted by Gasteiger charge is -2.16. The predicted octanol–water partition coefficient (Wildman–Crippen LogP) is 6.28. The molecule has 0 aliphatic carbocycles. The molecule has 4 heterocycles. The second-order valence-corrected chi connectivity index (χ2v) is 11.4. The standard InChI is InChI=1S/C24H23ClN2O4S3/c1-3-30-23(29)20-13(2)19-21(34-20)26-24(27(22(19)28)10-16-5-4-8-31-16)33-12-14-11-32-18-7-6-15(25)9-17(14)18/h6-7,9,11,16H,3-5,8,10,12H2,1-2H3. The Bertz CT molecular complexity index is 1440. The van der Waals surface area contributed by atoms with E-state index in [9.17, 15) is 9.59 Å². The Morgan fingerprint density at radius 2 is 2.26 bits per heavy atom. The monoisotopic (exact) mass is 534 g/mol. The molecule has 5 rings (SSSR count). The molecule has 1 aliphatic rings. The number of thioether (sulfide) groups is 1. The number of hydrogen-bond acceptors (Lipinski definition) is 8. The van der Waals surface area contributed by atoms with E-state index in [0.29, 0.717) is 49.7 Å². The quantitative estimate of drug-likeness (QED) is 0.158. The van der Waals surface area contributed by atoms with Gasteiger partial charge in [-0.25, -0.2) is 9.78 Å². The molecule has 34 heavy (non-hydrogen) atoms. The fraction of sp³-hybridized carbons (Fsp3) is 0.375. The van der Waals surface area contributed by atoms with Crippen LogP contribution in [0.1, 0.15) is 40.6 Å². The number of thiophene rings is 2. The van der Waals surface area contributed by atoms with Gasteiger partial charge < -0.3 is 9.47 Å². The van der Waals surface area contributed by atoms with Crippen LogP contribution in [0.15, 0.2) is 33.5 Å². The largest absolute Gasteiger partial charge is 0.462 e. The lowest BCUT2D eigenvalue weighted by molar-refractivity contribution is 0.0531. The van der Waals surface area contributed by atoms with E-state index in [1.807, 2.05) is 18.2 Å². The van der Waals surface area contributed by atoms with Crippen molar-refractivity contribution in [2.24, 2.45) is 0 Å². The van der Waals surface area contributed by atoms with Crippen LogP contribution in [-0.4, -0.2) is 34.8 Å². The molecule has 1 unspecified atom stereocenters. The molecule has 1 atom stereocenters. The first-order valence-corrected chi connectivity index (χ1v) is 14.1. The highest BCUT2D eigenvalue weighted by atomic mass is 35.5. The van der Waals surface area contributed by atoms with Crippen molar-refractivity contribution in [1.29, 1.82) is 0 Å². The minimum Gasteiger partial charge on any atom is -0.462 e. The normalized spacial score (nSPS) is 16.0. The molecule has 10 heteroatoms. The number of aryl methyl sites for hydroxylation is 1. The number of fused-ring (bicyclic) bond motifs is 2. The van der Waals surface area contributed by atoms with Gasteiger partial charge in [-0.3, -0.25) is 9.36 Å². The first-order valence-electron chi connectivity index (χ1n) is 11.1. The zero-order chi connectivity index (χ0) is 23.8. The lowest BCUT2D eigenvalue weighted by Crippen LogP contribution is -2.28. The number of carbonyl (C=O) groups is 1. The minimum atomic E-state index is -0.413. The fourth-order valence-electron chi connectivity index (χ4n) is 4.16. The van der Waals surface area contributed by atoms with Gasteiger partial charge in [0.25, 0.3) is 5.56 Å². The summed E-state index contributed by atoms with van der Waals surface area (Å²) < 4.78 is 13.9. The van der Waals surface area contributed by atoms with Crippen LogP contribution in [0.25, 0.3) is 20.3 Å². The van der Waals surface area contributed by atoms with Gasteiger partial charge in [-0.05, 0) is 66.8 Å². The molecule has 1 aromatic carbocycles. The van der Waals surface area contributed by atoms with E-state index < -0.39 is 5.97 Å². The van der Waals surface area contributed by atoms with Crippen LogP contribution in [0.5, 0.6) is 0 Å². The van der Waals surface area contributed by atoms with Crippen molar-refractivity contribution in [3.8, 4) is 0 Å². The van der Waals surface area contributed by atoms with Gasteiger partial charge in [-0.1, -0.05) is 23.4 Å². The number of benzene rings is 1. The molecule has 0 N–H and O–H groups in total. The topological polar surface area (TPSA) is 70.4 Å². The summed E-state index contributed by atoms with van der Waals surface area (Å²) in [4.78, 5) is 32.0. The van der Waals surface area contributed by atoms with Crippen LogP contribution >= 0.6 is 46.0 Å². The van der Waals surface area contributed by atoms with Crippen molar-refractivity contribution in [3.63, 3.8) is 0 Å². The highest BCUT2D eigenvalue weighted by Crippen LogP contribution is 2.34. The Morgan fingerprint density at radius 3 is 3.03 bits per heavy atom. The number of esters is 1. The van der Waals surface area contributed by atoms with Crippen molar-refractivity contribution >= 4 is 72.3 Å². The molecule has 1 aliphatic heterocycles. The predicted molar refractivity (Wildman–Crippen MR) is 140 cm³/mol. The summed E-state index contributed by atoms with van der Waals surface area (Å²) >= 11 is 10.6. The lowest BCUT2D eigenvalue weighted by atomic mass is 10.2. The number of carbonyl (C=O) groups excluding carboxylic acids is 1. The van der Waals surface area contributed by atoms with Gasteiger partial charge in [0.05, 0.1) is 24.6 Å². The number of aromatic nitrogens is 2. The van der Waals surface area contributed by atoms with Crippen LogP contribution in [0.2, 0.25) is 5.02 Å². The second-order valence-electron chi connectivity index (χ2n) is 8.09. The highest BCUT2D eigenvalue weighted by molar-refractivity contribution is 7.98. The molecule has 0 radical (unpaired) electrons. The summed E-state index contributed by atoms with van der Waals surface area (Å²) in [5.74, 6) is 0.239. The van der Waals surface area contributed by atoms with Crippen LogP contribution in [0.3, 0.4) is 0 Å². The maximum atomic E-state index is 13.7. The molecule has 4 aromatic rings. The van der Waals surface area contributed by atoms with E-state index in [4.69, 9.17) is 26.1 Å². The van der Waals surface area contributed by atoms with Gasteiger partial charge >= 0.3 is 5.97 Å². The smallest absolute Gasteiger partial charge is 0.348 e. The van der Waals surface area contributed by atoms with Gasteiger partial charge in [-0.2, -0.15) is 0 Å². The Morgan fingerprint density at radius 1 is 1.41 bits per heavy atom. The average molecular weight is 535 g/mol.